The number of nitrogens with zero attached hydrogens (tertiary/aromatic N) is 2. The number of anilines is 3. The molecule has 9 nitrogen and oxygen atoms in total. The van der Waals surface area contributed by atoms with E-state index >= 15 is 0 Å². The molecule has 1 heterocycles. The van der Waals surface area contributed by atoms with Crippen molar-refractivity contribution in [3.63, 3.8) is 0 Å². The zero-order valence-corrected chi connectivity index (χ0v) is 23.3. The van der Waals surface area contributed by atoms with Crippen LogP contribution in [0.3, 0.4) is 0 Å². The first-order valence-corrected chi connectivity index (χ1v) is 14.4. The molecule has 0 fully saturated rings. The van der Waals surface area contributed by atoms with Crippen LogP contribution in [-0.4, -0.2) is 63.7 Å². The average Bonchev–Trinajstić information content (AvgIpc) is 3.19. The van der Waals surface area contributed by atoms with Crippen LogP contribution in [0.15, 0.2) is 66.7 Å². The minimum absolute atomic E-state index is 0.200. The lowest BCUT2D eigenvalue weighted by molar-refractivity contribution is -0.136. The maximum Gasteiger partial charge on any atom is 0.307 e. The van der Waals surface area contributed by atoms with Crippen molar-refractivity contribution < 1.29 is 27.5 Å². The molecule has 0 atom stereocenters. The molecule has 0 saturated carbocycles. The Labute approximate surface area is 233 Å². The summed E-state index contributed by atoms with van der Waals surface area (Å²) in [7, 11) is 0.336. The molecule has 0 aliphatic carbocycles. The van der Waals surface area contributed by atoms with E-state index in [-0.39, 0.29) is 12.0 Å². The standard InChI is InChI=1S/C29H31FN4O5S/c1-33(2)14-5-15-34(40(3,38)39)23-11-9-22(10-12-23)31-28(20-7-4-6-19(16-20)17-26(35)36)27-24-13-8-21(30)18-25(24)32-29(27)37/h4,6-13,16,18,31H,5,14-15,17H2,1-3H3,(H,32,37)(H,35,36). The number of fused-ring (bicyclic) bond motifs is 1. The molecule has 0 radical (unpaired) electrons. The van der Waals surface area contributed by atoms with E-state index in [1.807, 2.05) is 19.0 Å². The highest BCUT2D eigenvalue weighted by atomic mass is 32.2. The number of hydrogen-bond donors (Lipinski definition) is 3. The van der Waals surface area contributed by atoms with Gasteiger partial charge in [0.1, 0.15) is 5.82 Å². The van der Waals surface area contributed by atoms with Gasteiger partial charge in [0, 0.05) is 17.8 Å². The fourth-order valence-electron chi connectivity index (χ4n) is 4.56. The predicted molar refractivity (Wildman–Crippen MR) is 155 cm³/mol. The molecule has 4 rings (SSSR count). The molecule has 3 aromatic rings. The Bertz CT molecular complexity index is 1570. The zero-order chi connectivity index (χ0) is 29.0. The lowest BCUT2D eigenvalue weighted by Crippen LogP contribution is -2.32. The molecule has 40 heavy (non-hydrogen) atoms. The van der Waals surface area contributed by atoms with Crippen molar-refractivity contribution >= 4 is 50.2 Å². The number of benzene rings is 3. The maximum absolute atomic E-state index is 13.9. The number of rotatable bonds is 11. The molecule has 1 aliphatic heterocycles. The van der Waals surface area contributed by atoms with Crippen LogP contribution in [-0.2, 0) is 26.0 Å². The Hall–Kier alpha value is -4.22. The van der Waals surface area contributed by atoms with Gasteiger partial charge in [-0.3, -0.25) is 13.9 Å². The fourth-order valence-corrected chi connectivity index (χ4v) is 5.52. The Kier molecular flexibility index (Phi) is 8.55. The van der Waals surface area contributed by atoms with E-state index in [1.54, 1.807) is 48.5 Å². The number of sulfonamides is 1. The number of carbonyl (C=O) groups is 2. The van der Waals surface area contributed by atoms with Gasteiger partial charge in [0.05, 0.1) is 35.3 Å². The van der Waals surface area contributed by atoms with Crippen LogP contribution in [0.2, 0.25) is 0 Å². The topological polar surface area (TPSA) is 119 Å². The number of halogens is 1. The minimum Gasteiger partial charge on any atom is -0.481 e. The Balaban J connectivity index is 1.74. The third kappa shape index (κ3) is 6.85. The van der Waals surface area contributed by atoms with Crippen molar-refractivity contribution in [1.82, 2.24) is 4.90 Å². The fraction of sp³-hybridized carbons (Fsp3) is 0.241. The summed E-state index contributed by atoms with van der Waals surface area (Å²) in [6.07, 6.45) is 1.62. The summed E-state index contributed by atoms with van der Waals surface area (Å²) in [5.74, 6) is -1.92. The molecule has 0 bridgehead atoms. The molecule has 1 amide bonds. The van der Waals surface area contributed by atoms with Crippen LogP contribution in [0.25, 0.3) is 11.3 Å². The van der Waals surface area contributed by atoms with Crippen molar-refractivity contribution in [2.45, 2.75) is 12.8 Å². The van der Waals surface area contributed by atoms with Crippen LogP contribution in [0, 0.1) is 5.82 Å². The molecule has 0 spiro atoms. The number of amides is 1. The minimum atomic E-state index is -3.51. The Morgan fingerprint density at radius 2 is 1.75 bits per heavy atom. The summed E-state index contributed by atoms with van der Waals surface area (Å²) < 4.78 is 40.2. The van der Waals surface area contributed by atoms with Crippen LogP contribution >= 0.6 is 0 Å². The lowest BCUT2D eigenvalue weighted by atomic mass is 9.98. The highest BCUT2D eigenvalue weighted by Crippen LogP contribution is 2.38. The summed E-state index contributed by atoms with van der Waals surface area (Å²) in [5, 5.41) is 15.2. The van der Waals surface area contributed by atoms with E-state index in [4.69, 9.17) is 0 Å². The highest BCUT2D eigenvalue weighted by Gasteiger charge is 2.29. The van der Waals surface area contributed by atoms with Gasteiger partial charge in [0.15, 0.2) is 0 Å². The molecular formula is C29H31FN4O5S. The molecule has 1 aliphatic rings. The second kappa shape index (κ2) is 11.9. The van der Waals surface area contributed by atoms with Crippen molar-refractivity contribution in [2.75, 3.05) is 48.4 Å². The molecule has 0 unspecified atom stereocenters. The maximum atomic E-state index is 13.9. The van der Waals surface area contributed by atoms with Crippen molar-refractivity contribution in [2.24, 2.45) is 0 Å². The zero-order valence-electron chi connectivity index (χ0n) is 22.4. The quantitative estimate of drug-likeness (QED) is 0.299. The van der Waals surface area contributed by atoms with E-state index in [9.17, 15) is 27.5 Å². The molecular weight excluding hydrogens is 535 g/mol. The van der Waals surface area contributed by atoms with Gasteiger partial charge in [0.2, 0.25) is 10.0 Å². The van der Waals surface area contributed by atoms with Gasteiger partial charge in [-0.2, -0.15) is 0 Å². The molecule has 3 N–H and O–H groups in total. The number of carboxylic acids is 1. The molecule has 0 saturated heterocycles. The van der Waals surface area contributed by atoms with Gasteiger partial charge >= 0.3 is 5.97 Å². The van der Waals surface area contributed by atoms with Gasteiger partial charge in [-0.25, -0.2) is 12.8 Å². The van der Waals surface area contributed by atoms with E-state index in [0.29, 0.717) is 52.4 Å². The van der Waals surface area contributed by atoms with E-state index < -0.39 is 27.7 Å². The second-order valence-electron chi connectivity index (χ2n) is 9.83. The predicted octanol–water partition coefficient (Wildman–Crippen LogP) is 4.10. The number of hydrogen-bond acceptors (Lipinski definition) is 6. The third-order valence-electron chi connectivity index (χ3n) is 6.34. The number of aliphatic carboxylic acids is 1. The summed E-state index contributed by atoms with van der Waals surface area (Å²) >= 11 is 0. The second-order valence-corrected chi connectivity index (χ2v) is 11.7. The van der Waals surface area contributed by atoms with E-state index in [0.717, 1.165) is 6.54 Å². The first-order valence-electron chi connectivity index (χ1n) is 12.6. The van der Waals surface area contributed by atoms with Crippen LogP contribution in [0.1, 0.15) is 23.1 Å². The largest absolute Gasteiger partial charge is 0.481 e. The number of nitrogens with one attached hydrogen (secondary N) is 2. The van der Waals surface area contributed by atoms with Gasteiger partial charge in [-0.15, -0.1) is 0 Å². The van der Waals surface area contributed by atoms with Gasteiger partial charge in [-0.1, -0.05) is 18.2 Å². The Morgan fingerprint density at radius 1 is 1.02 bits per heavy atom. The molecule has 0 aromatic heterocycles. The third-order valence-corrected chi connectivity index (χ3v) is 7.53. The number of carbonyl (C=O) groups excluding carboxylic acids is 1. The number of carboxylic acid groups (broad SMARTS) is 1. The first kappa shape index (κ1) is 28.8. The van der Waals surface area contributed by atoms with Gasteiger partial charge in [-0.05, 0) is 86.7 Å². The average molecular weight is 567 g/mol. The van der Waals surface area contributed by atoms with Crippen LogP contribution in [0.5, 0.6) is 0 Å². The molecule has 11 heteroatoms. The summed E-state index contributed by atoms with van der Waals surface area (Å²) in [6.45, 7) is 1.06. The first-order chi connectivity index (χ1) is 18.9. The molecule has 3 aromatic carbocycles. The van der Waals surface area contributed by atoms with Gasteiger partial charge < -0.3 is 20.6 Å². The SMILES string of the molecule is CN(C)CCCN(c1ccc(NC(=C2C(=O)Nc3cc(F)ccc32)c2cccc(CC(=O)O)c2)cc1)S(C)(=O)=O. The van der Waals surface area contributed by atoms with E-state index in [2.05, 4.69) is 10.6 Å². The van der Waals surface area contributed by atoms with E-state index in [1.165, 1.54) is 28.8 Å². The normalized spacial score (nSPS) is 14.1. The summed E-state index contributed by atoms with van der Waals surface area (Å²) in [4.78, 5) is 26.4. The lowest BCUT2D eigenvalue weighted by Gasteiger charge is -2.24. The molecule has 210 valence electrons. The monoisotopic (exact) mass is 566 g/mol. The smallest absolute Gasteiger partial charge is 0.307 e. The van der Waals surface area contributed by atoms with Crippen LogP contribution in [0.4, 0.5) is 21.5 Å². The summed E-state index contributed by atoms with van der Waals surface area (Å²) in [6, 6.07) is 17.6. The van der Waals surface area contributed by atoms with Crippen molar-refractivity contribution in [3.8, 4) is 0 Å². The van der Waals surface area contributed by atoms with Crippen LogP contribution < -0.4 is 14.9 Å². The Morgan fingerprint density at radius 3 is 2.40 bits per heavy atom. The van der Waals surface area contributed by atoms with Crippen molar-refractivity contribution in [3.05, 3.63) is 89.2 Å². The highest BCUT2D eigenvalue weighted by molar-refractivity contribution is 7.92. The summed E-state index contributed by atoms with van der Waals surface area (Å²) in [5.41, 5.74) is 3.67. The van der Waals surface area contributed by atoms with Gasteiger partial charge in [0.25, 0.3) is 5.91 Å². The van der Waals surface area contributed by atoms with Crippen molar-refractivity contribution in [1.29, 1.82) is 0 Å².